The van der Waals surface area contributed by atoms with Crippen LogP contribution < -0.4 is 4.90 Å². The lowest BCUT2D eigenvalue weighted by Crippen LogP contribution is -2.61. The van der Waals surface area contributed by atoms with Crippen LogP contribution in [0.4, 0.5) is 5.82 Å². The molecule has 1 aromatic carbocycles. The highest BCUT2D eigenvalue weighted by atomic mass is 16.2. The van der Waals surface area contributed by atoms with E-state index in [1.54, 1.807) is 0 Å². The van der Waals surface area contributed by atoms with Gasteiger partial charge in [-0.05, 0) is 31.3 Å². The number of rotatable bonds is 1. The highest BCUT2D eigenvalue weighted by Crippen LogP contribution is 2.35. The fourth-order valence-corrected chi connectivity index (χ4v) is 4.30. The Bertz CT molecular complexity index is 787. The Morgan fingerprint density at radius 3 is 2.76 bits per heavy atom. The van der Waals surface area contributed by atoms with Crippen LogP contribution in [0, 0.1) is 0 Å². The molecule has 0 saturated carbocycles. The molecule has 2 aliphatic heterocycles. The third-order valence-corrected chi connectivity index (χ3v) is 6.09. The number of amides is 1. The monoisotopic (exact) mass is 338 g/mol. The van der Waals surface area contributed by atoms with Gasteiger partial charge in [0.2, 0.25) is 5.91 Å². The smallest absolute Gasteiger partial charge is 0.222 e. The minimum absolute atomic E-state index is 0.0529. The Balaban J connectivity index is 1.67. The third-order valence-electron chi connectivity index (χ3n) is 6.09. The van der Waals surface area contributed by atoms with E-state index in [0.29, 0.717) is 6.42 Å². The molecule has 0 unspecified atom stereocenters. The number of pyridine rings is 1. The largest absolute Gasteiger partial charge is 0.353 e. The first-order valence-electron chi connectivity index (χ1n) is 9.13. The van der Waals surface area contributed by atoms with Gasteiger partial charge >= 0.3 is 0 Å². The molecule has 5 heteroatoms. The van der Waals surface area contributed by atoms with E-state index >= 15 is 0 Å². The summed E-state index contributed by atoms with van der Waals surface area (Å²) < 4.78 is 0. The third kappa shape index (κ3) is 2.86. The number of hydrogen-bond donors (Lipinski definition) is 0. The first-order valence-corrected chi connectivity index (χ1v) is 9.13. The number of benzene rings is 1. The molecule has 5 nitrogen and oxygen atoms in total. The number of likely N-dealkylation sites (tertiary alicyclic amines) is 1. The SMILES string of the molecule is CN1CC[C@]2(CCC1=O)CN(c1nccc3ccccc13)CCN2C. The maximum atomic E-state index is 12.2. The lowest BCUT2D eigenvalue weighted by atomic mass is 9.86. The Kier molecular flexibility index (Phi) is 4.12. The van der Waals surface area contributed by atoms with Gasteiger partial charge in [-0.2, -0.15) is 0 Å². The molecule has 132 valence electrons. The highest BCUT2D eigenvalue weighted by molar-refractivity contribution is 5.92. The van der Waals surface area contributed by atoms with E-state index in [1.165, 1.54) is 10.8 Å². The highest BCUT2D eigenvalue weighted by Gasteiger charge is 2.42. The van der Waals surface area contributed by atoms with E-state index < -0.39 is 0 Å². The molecule has 0 N–H and O–H groups in total. The van der Waals surface area contributed by atoms with Gasteiger partial charge in [0.05, 0.1) is 0 Å². The van der Waals surface area contributed by atoms with Crippen molar-refractivity contribution >= 4 is 22.5 Å². The van der Waals surface area contributed by atoms with Gasteiger partial charge in [-0.1, -0.05) is 24.3 Å². The molecular formula is C20H26N4O. The summed E-state index contributed by atoms with van der Waals surface area (Å²) in [6, 6.07) is 10.5. The van der Waals surface area contributed by atoms with Gasteiger partial charge in [0, 0.05) is 56.8 Å². The first-order chi connectivity index (χ1) is 12.1. The molecule has 2 aromatic rings. The number of carbonyl (C=O) groups is 1. The minimum Gasteiger partial charge on any atom is -0.353 e. The van der Waals surface area contributed by atoms with Crippen molar-refractivity contribution < 1.29 is 4.79 Å². The lowest BCUT2D eigenvalue weighted by Gasteiger charge is -2.49. The van der Waals surface area contributed by atoms with Gasteiger partial charge in [-0.15, -0.1) is 0 Å². The predicted molar refractivity (Wildman–Crippen MR) is 101 cm³/mol. The average Bonchev–Trinajstić information content (AvgIpc) is 2.78. The quantitative estimate of drug-likeness (QED) is 0.800. The average molecular weight is 338 g/mol. The molecule has 4 rings (SSSR count). The molecule has 1 spiro atoms. The molecule has 2 aliphatic rings. The molecular weight excluding hydrogens is 312 g/mol. The molecule has 3 heterocycles. The summed E-state index contributed by atoms with van der Waals surface area (Å²) in [5, 5.41) is 2.45. The van der Waals surface area contributed by atoms with Crippen LogP contribution >= 0.6 is 0 Å². The Morgan fingerprint density at radius 1 is 1.04 bits per heavy atom. The van der Waals surface area contributed by atoms with Gasteiger partial charge in [0.25, 0.3) is 0 Å². The molecule has 25 heavy (non-hydrogen) atoms. The zero-order chi connectivity index (χ0) is 17.4. The summed E-state index contributed by atoms with van der Waals surface area (Å²) >= 11 is 0. The van der Waals surface area contributed by atoms with E-state index in [-0.39, 0.29) is 11.4 Å². The van der Waals surface area contributed by atoms with E-state index in [4.69, 9.17) is 4.98 Å². The number of likely N-dealkylation sites (N-methyl/N-ethyl adjacent to an activating group) is 1. The number of fused-ring (bicyclic) bond motifs is 1. The molecule has 0 aliphatic carbocycles. The molecule has 0 bridgehead atoms. The number of piperazine rings is 1. The van der Waals surface area contributed by atoms with Crippen molar-refractivity contribution in [2.24, 2.45) is 0 Å². The van der Waals surface area contributed by atoms with Crippen molar-refractivity contribution in [3.63, 3.8) is 0 Å². The van der Waals surface area contributed by atoms with Crippen molar-refractivity contribution in [1.29, 1.82) is 0 Å². The van der Waals surface area contributed by atoms with Gasteiger partial charge in [0.15, 0.2) is 0 Å². The van der Waals surface area contributed by atoms with Crippen molar-refractivity contribution in [3.8, 4) is 0 Å². The summed E-state index contributed by atoms with van der Waals surface area (Å²) in [6.45, 7) is 3.75. The van der Waals surface area contributed by atoms with Crippen LogP contribution in [0.2, 0.25) is 0 Å². The van der Waals surface area contributed by atoms with Crippen LogP contribution in [-0.4, -0.2) is 66.5 Å². The summed E-state index contributed by atoms with van der Waals surface area (Å²) in [4.78, 5) is 23.7. The molecule has 1 atom stereocenters. The number of nitrogens with zero attached hydrogens (tertiary/aromatic N) is 4. The standard InChI is InChI=1S/C20H26N4O/c1-22-12-10-20(9-7-18(22)25)15-24(14-13-23(20)2)19-17-6-4-3-5-16(17)8-11-21-19/h3-6,8,11H,7,9-10,12-15H2,1-2H3/t20-/m1/s1. The number of aromatic nitrogens is 1. The second-order valence-electron chi connectivity index (χ2n) is 7.49. The van der Waals surface area contributed by atoms with Gasteiger partial charge < -0.3 is 9.80 Å². The fourth-order valence-electron chi connectivity index (χ4n) is 4.30. The Hall–Kier alpha value is -2.14. The minimum atomic E-state index is 0.0529. The van der Waals surface area contributed by atoms with Crippen molar-refractivity contribution in [2.45, 2.75) is 24.8 Å². The maximum absolute atomic E-state index is 12.2. The summed E-state index contributed by atoms with van der Waals surface area (Å²) in [7, 11) is 4.14. The summed E-state index contributed by atoms with van der Waals surface area (Å²) in [5.41, 5.74) is 0.0529. The topological polar surface area (TPSA) is 39.7 Å². The van der Waals surface area contributed by atoms with Gasteiger partial charge in [0.1, 0.15) is 5.82 Å². The second-order valence-corrected chi connectivity index (χ2v) is 7.49. The van der Waals surface area contributed by atoms with E-state index in [9.17, 15) is 4.79 Å². The van der Waals surface area contributed by atoms with Crippen molar-refractivity contribution in [2.75, 3.05) is 45.2 Å². The number of hydrogen-bond acceptors (Lipinski definition) is 4. The van der Waals surface area contributed by atoms with Crippen LogP contribution in [0.3, 0.4) is 0 Å². The van der Waals surface area contributed by atoms with Crippen molar-refractivity contribution in [1.82, 2.24) is 14.8 Å². The number of anilines is 1. The van der Waals surface area contributed by atoms with Gasteiger partial charge in [-0.3, -0.25) is 9.69 Å². The maximum Gasteiger partial charge on any atom is 0.222 e. The van der Waals surface area contributed by atoms with Gasteiger partial charge in [-0.25, -0.2) is 4.98 Å². The summed E-state index contributed by atoms with van der Waals surface area (Å²) in [5.74, 6) is 1.35. The molecule has 2 saturated heterocycles. The van der Waals surface area contributed by atoms with Crippen molar-refractivity contribution in [3.05, 3.63) is 36.5 Å². The molecule has 0 radical (unpaired) electrons. The van der Waals surface area contributed by atoms with E-state index in [1.807, 2.05) is 18.1 Å². The summed E-state index contributed by atoms with van der Waals surface area (Å²) in [6.07, 6.45) is 4.49. The van der Waals surface area contributed by atoms with Crippen LogP contribution in [0.25, 0.3) is 10.8 Å². The predicted octanol–water partition coefficient (Wildman–Crippen LogP) is 2.37. The number of carbonyl (C=O) groups excluding carboxylic acids is 1. The van der Waals surface area contributed by atoms with Crippen LogP contribution in [0.5, 0.6) is 0 Å². The first kappa shape index (κ1) is 16.3. The Morgan fingerprint density at radius 2 is 1.88 bits per heavy atom. The lowest BCUT2D eigenvalue weighted by molar-refractivity contribution is -0.129. The fraction of sp³-hybridized carbons (Fsp3) is 0.500. The molecule has 1 amide bonds. The van der Waals surface area contributed by atoms with E-state index in [2.05, 4.69) is 47.2 Å². The van der Waals surface area contributed by atoms with Crippen LogP contribution in [0.1, 0.15) is 19.3 Å². The van der Waals surface area contributed by atoms with E-state index in [0.717, 1.165) is 44.8 Å². The normalized spacial score (nSPS) is 25.6. The molecule has 2 fully saturated rings. The van der Waals surface area contributed by atoms with Crippen LogP contribution in [0.15, 0.2) is 36.5 Å². The zero-order valence-electron chi connectivity index (χ0n) is 15.1. The molecule has 1 aromatic heterocycles. The van der Waals surface area contributed by atoms with Crippen LogP contribution in [-0.2, 0) is 4.79 Å². The zero-order valence-corrected chi connectivity index (χ0v) is 15.1. The Labute approximate surface area is 149 Å². The second kappa shape index (κ2) is 6.30.